The molecule has 1 aliphatic rings. The Morgan fingerprint density at radius 2 is 1.96 bits per heavy atom. The summed E-state index contributed by atoms with van der Waals surface area (Å²) in [6, 6.07) is 7.37. The Balaban J connectivity index is 1.68. The highest BCUT2D eigenvalue weighted by Gasteiger charge is 2.22. The number of hydrogen-bond acceptors (Lipinski definition) is 3. The van der Waals surface area contributed by atoms with Crippen LogP contribution in [-0.4, -0.2) is 55.6 Å². The van der Waals surface area contributed by atoms with Gasteiger partial charge in [-0.25, -0.2) is 0 Å². The van der Waals surface area contributed by atoms with E-state index in [0.29, 0.717) is 18.1 Å². The highest BCUT2D eigenvalue weighted by Crippen LogP contribution is 2.20. The van der Waals surface area contributed by atoms with E-state index in [9.17, 15) is 9.90 Å². The summed E-state index contributed by atoms with van der Waals surface area (Å²) in [4.78, 5) is 18.2. The number of amides is 1. The highest BCUT2D eigenvalue weighted by molar-refractivity contribution is 5.80. The molecule has 138 valence electrons. The molecule has 1 aliphatic heterocycles. The van der Waals surface area contributed by atoms with Gasteiger partial charge < -0.3 is 20.6 Å². The van der Waals surface area contributed by atoms with Gasteiger partial charge in [0.25, 0.3) is 0 Å². The van der Waals surface area contributed by atoms with Gasteiger partial charge in [-0.3, -0.25) is 9.79 Å². The van der Waals surface area contributed by atoms with Crippen molar-refractivity contribution >= 4 is 11.9 Å². The molecule has 0 spiro atoms. The Kier molecular flexibility index (Phi) is 7.57. The number of carbonyl (C=O) groups excluding carboxylic acids is 1. The Hall–Kier alpha value is -2.24. The summed E-state index contributed by atoms with van der Waals surface area (Å²) in [5.74, 6) is 1.87. The van der Waals surface area contributed by atoms with Gasteiger partial charge in [-0.15, -0.1) is 0 Å². The summed E-state index contributed by atoms with van der Waals surface area (Å²) in [5.41, 5.74) is 1.23. The Labute approximate surface area is 150 Å². The quantitative estimate of drug-likeness (QED) is 0.417. The van der Waals surface area contributed by atoms with Crippen LogP contribution in [0.2, 0.25) is 0 Å². The molecule has 1 amide bonds. The maximum atomic E-state index is 11.5. The molecule has 1 aromatic carbocycles. The second kappa shape index (κ2) is 9.91. The molecule has 25 heavy (non-hydrogen) atoms. The highest BCUT2D eigenvalue weighted by atomic mass is 16.3. The largest absolute Gasteiger partial charge is 0.508 e. The van der Waals surface area contributed by atoms with Crippen molar-refractivity contribution in [1.29, 1.82) is 0 Å². The molecule has 1 aromatic rings. The van der Waals surface area contributed by atoms with Crippen LogP contribution in [0.3, 0.4) is 0 Å². The van der Waals surface area contributed by atoms with Crippen LogP contribution >= 0.6 is 0 Å². The first-order valence-electron chi connectivity index (χ1n) is 9.06. The molecule has 0 bridgehead atoms. The molecule has 0 atom stereocenters. The summed E-state index contributed by atoms with van der Waals surface area (Å²) in [7, 11) is 3.51. The van der Waals surface area contributed by atoms with Gasteiger partial charge in [0.05, 0.1) is 0 Å². The number of guanidine groups is 1. The topological polar surface area (TPSA) is 77.0 Å². The minimum atomic E-state index is 0.134. The van der Waals surface area contributed by atoms with E-state index in [0.717, 1.165) is 51.3 Å². The van der Waals surface area contributed by atoms with Crippen LogP contribution in [0, 0.1) is 5.92 Å². The normalized spacial score (nSPS) is 15.9. The molecule has 0 saturated carbocycles. The molecule has 0 aromatic heterocycles. The van der Waals surface area contributed by atoms with Crippen molar-refractivity contribution in [2.24, 2.45) is 10.9 Å². The molecular weight excluding hydrogens is 316 g/mol. The van der Waals surface area contributed by atoms with Crippen molar-refractivity contribution < 1.29 is 9.90 Å². The maximum Gasteiger partial charge on any atom is 0.220 e. The SMILES string of the molecule is CN=C(NCCCc1ccc(O)cc1)N1CCC(CC(=O)NC)CC1. The number of phenols is 1. The van der Waals surface area contributed by atoms with Crippen LogP contribution in [0.1, 0.15) is 31.2 Å². The number of aromatic hydroxyl groups is 1. The monoisotopic (exact) mass is 346 g/mol. The zero-order valence-corrected chi connectivity index (χ0v) is 15.3. The lowest BCUT2D eigenvalue weighted by atomic mass is 9.93. The van der Waals surface area contributed by atoms with E-state index in [1.807, 2.05) is 19.2 Å². The molecule has 6 nitrogen and oxygen atoms in total. The van der Waals surface area contributed by atoms with E-state index in [4.69, 9.17) is 0 Å². The number of nitrogens with zero attached hydrogens (tertiary/aromatic N) is 2. The first-order chi connectivity index (χ1) is 12.1. The average Bonchev–Trinajstić information content (AvgIpc) is 2.64. The van der Waals surface area contributed by atoms with Crippen molar-refractivity contribution in [3.05, 3.63) is 29.8 Å². The van der Waals surface area contributed by atoms with Gasteiger partial charge >= 0.3 is 0 Å². The number of phenolic OH excluding ortho intramolecular Hbond substituents is 1. The molecular formula is C19H30N4O2. The van der Waals surface area contributed by atoms with Crippen molar-refractivity contribution in [2.75, 3.05) is 33.7 Å². The van der Waals surface area contributed by atoms with E-state index in [2.05, 4.69) is 20.5 Å². The third-order valence-corrected chi connectivity index (χ3v) is 4.74. The third kappa shape index (κ3) is 6.29. The van der Waals surface area contributed by atoms with Gasteiger partial charge in [-0.05, 0) is 49.3 Å². The van der Waals surface area contributed by atoms with E-state index in [1.54, 1.807) is 19.2 Å². The minimum absolute atomic E-state index is 0.134. The van der Waals surface area contributed by atoms with Crippen molar-refractivity contribution in [3.8, 4) is 5.75 Å². The number of benzene rings is 1. The molecule has 0 radical (unpaired) electrons. The molecule has 0 unspecified atom stereocenters. The second-order valence-corrected chi connectivity index (χ2v) is 6.55. The van der Waals surface area contributed by atoms with E-state index < -0.39 is 0 Å². The van der Waals surface area contributed by atoms with Crippen LogP contribution < -0.4 is 10.6 Å². The number of piperidine rings is 1. The molecule has 2 rings (SSSR count). The minimum Gasteiger partial charge on any atom is -0.508 e. The Morgan fingerprint density at radius 3 is 2.56 bits per heavy atom. The van der Waals surface area contributed by atoms with E-state index >= 15 is 0 Å². The maximum absolute atomic E-state index is 11.5. The number of rotatable bonds is 6. The van der Waals surface area contributed by atoms with Crippen LogP contribution in [0.15, 0.2) is 29.3 Å². The average molecular weight is 346 g/mol. The molecule has 6 heteroatoms. The Morgan fingerprint density at radius 1 is 1.28 bits per heavy atom. The van der Waals surface area contributed by atoms with E-state index in [-0.39, 0.29) is 5.91 Å². The zero-order valence-electron chi connectivity index (χ0n) is 15.3. The summed E-state index contributed by atoms with van der Waals surface area (Å²) in [6.07, 6.45) is 4.67. The smallest absolute Gasteiger partial charge is 0.220 e. The first kappa shape index (κ1) is 19.1. The predicted molar refractivity (Wildman–Crippen MR) is 101 cm³/mol. The molecule has 1 heterocycles. The molecule has 3 N–H and O–H groups in total. The fourth-order valence-electron chi connectivity index (χ4n) is 3.20. The molecule has 1 fully saturated rings. The van der Waals surface area contributed by atoms with Gasteiger partial charge in [-0.2, -0.15) is 0 Å². The fraction of sp³-hybridized carbons (Fsp3) is 0.579. The van der Waals surface area contributed by atoms with Crippen molar-refractivity contribution in [1.82, 2.24) is 15.5 Å². The number of likely N-dealkylation sites (tertiary alicyclic amines) is 1. The summed E-state index contributed by atoms with van der Waals surface area (Å²) in [6.45, 7) is 2.75. The lowest BCUT2D eigenvalue weighted by Gasteiger charge is -2.34. The summed E-state index contributed by atoms with van der Waals surface area (Å²) in [5, 5.41) is 15.4. The number of hydrogen-bond donors (Lipinski definition) is 3. The van der Waals surface area contributed by atoms with Gasteiger partial charge in [0.2, 0.25) is 5.91 Å². The molecule has 0 aliphatic carbocycles. The number of aryl methyl sites for hydroxylation is 1. The number of aliphatic imine (C=N–C) groups is 1. The summed E-state index contributed by atoms with van der Waals surface area (Å²) < 4.78 is 0. The second-order valence-electron chi connectivity index (χ2n) is 6.55. The first-order valence-corrected chi connectivity index (χ1v) is 9.06. The standard InChI is InChI=1S/C19H30N4O2/c1-20-18(25)14-16-9-12-23(13-10-16)19(21-2)22-11-3-4-15-5-7-17(24)8-6-15/h5-8,16,24H,3-4,9-14H2,1-2H3,(H,20,25)(H,21,22). The van der Waals surface area contributed by atoms with E-state index in [1.165, 1.54) is 5.56 Å². The predicted octanol–water partition coefficient (Wildman–Crippen LogP) is 1.75. The third-order valence-electron chi connectivity index (χ3n) is 4.74. The number of nitrogens with one attached hydrogen (secondary N) is 2. The fourth-order valence-corrected chi connectivity index (χ4v) is 3.20. The Bertz CT molecular complexity index is 563. The van der Waals surface area contributed by atoms with Gasteiger partial charge in [-0.1, -0.05) is 12.1 Å². The zero-order chi connectivity index (χ0) is 18.1. The van der Waals surface area contributed by atoms with Gasteiger partial charge in [0.1, 0.15) is 5.75 Å². The van der Waals surface area contributed by atoms with Crippen LogP contribution in [0.5, 0.6) is 5.75 Å². The summed E-state index contributed by atoms with van der Waals surface area (Å²) >= 11 is 0. The van der Waals surface area contributed by atoms with Gasteiger partial charge in [0.15, 0.2) is 5.96 Å². The van der Waals surface area contributed by atoms with Crippen molar-refractivity contribution in [2.45, 2.75) is 32.1 Å². The molecule has 1 saturated heterocycles. The number of carbonyl (C=O) groups is 1. The van der Waals surface area contributed by atoms with Crippen LogP contribution in [0.25, 0.3) is 0 Å². The van der Waals surface area contributed by atoms with Crippen LogP contribution in [0.4, 0.5) is 0 Å². The van der Waals surface area contributed by atoms with Crippen LogP contribution in [-0.2, 0) is 11.2 Å². The van der Waals surface area contributed by atoms with Gasteiger partial charge in [0, 0.05) is 40.2 Å². The lowest BCUT2D eigenvalue weighted by molar-refractivity contribution is -0.121. The lowest BCUT2D eigenvalue weighted by Crippen LogP contribution is -2.46. The van der Waals surface area contributed by atoms with Crippen molar-refractivity contribution in [3.63, 3.8) is 0 Å².